The molecule has 0 aliphatic heterocycles. The topological polar surface area (TPSA) is 17.1 Å². The van der Waals surface area contributed by atoms with Crippen LogP contribution in [0.25, 0.3) is 0 Å². The second-order valence-corrected chi connectivity index (χ2v) is 4.34. The lowest BCUT2D eigenvalue weighted by Crippen LogP contribution is -2.14. The molecule has 0 fully saturated rings. The molecule has 0 bridgehead atoms. The van der Waals surface area contributed by atoms with Crippen LogP contribution in [0.5, 0.6) is 0 Å². The summed E-state index contributed by atoms with van der Waals surface area (Å²) in [6, 6.07) is 0. The number of halogens is 1. The van der Waals surface area contributed by atoms with Gasteiger partial charge < -0.3 is 0 Å². The summed E-state index contributed by atoms with van der Waals surface area (Å²) in [5.41, 5.74) is 0.198. The highest BCUT2D eigenvalue weighted by atomic mass is 35.5. The average Bonchev–Trinajstić information content (AvgIpc) is 1.60. The van der Waals surface area contributed by atoms with Crippen LogP contribution in [0.4, 0.5) is 0 Å². The predicted molar refractivity (Wildman–Crippen MR) is 44.1 cm³/mol. The lowest BCUT2D eigenvalue weighted by atomic mass is 9.86. The van der Waals surface area contributed by atoms with Crippen molar-refractivity contribution in [1.82, 2.24) is 0 Å². The lowest BCUT2D eigenvalue weighted by molar-refractivity contribution is -0.115. The molecule has 1 nitrogen and oxygen atoms in total. The van der Waals surface area contributed by atoms with Gasteiger partial charge in [-0.05, 0) is 23.4 Å². The van der Waals surface area contributed by atoms with E-state index < -0.39 is 0 Å². The Morgan fingerprint density at radius 1 is 1.50 bits per heavy atom. The highest BCUT2D eigenvalue weighted by molar-refractivity contribution is 6.63. The Morgan fingerprint density at radius 3 is 2.00 bits per heavy atom. The molecule has 0 heterocycles. The second-order valence-electron chi connectivity index (χ2n) is 3.97. The van der Waals surface area contributed by atoms with Gasteiger partial charge in [-0.3, -0.25) is 4.79 Å². The number of hydrogen-bond acceptors (Lipinski definition) is 1. The number of carbonyl (C=O) groups is 1. The fraction of sp³-hybridized carbons (Fsp3) is 0.875. The van der Waals surface area contributed by atoms with Gasteiger partial charge in [0.15, 0.2) is 0 Å². The molecular formula is C8H15ClO. The first-order valence-electron chi connectivity index (χ1n) is 3.52. The number of rotatable bonds is 2. The van der Waals surface area contributed by atoms with E-state index in [1.165, 1.54) is 0 Å². The lowest BCUT2D eigenvalue weighted by Gasteiger charge is -2.20. The van der Waals surface area contributed by atoms with E-state index in [0.717, 1.165) is 6.42 Å². The van der Waals surface area contributed by atoms with Gasteiger partial charge in [0.1, 0.15) is 0 Å². The van der Waals surface area contributed by atoms with Crippen molar-refractivity contribution in [2.24, 2.45) is 11.3 Å². The van der Waals surface area contributed by atoms with Crippen molar-refractivity contribution < 1.29 is 4.79 Å². The van der Waals surface area contributed by atoms with Crippen molar-refractivity contribution >= 4 is 16.8 Å². The van der Waals surface area contributed by atoms with Crippen molar-refractivity contribution in [3.8, 4) is 0 Å². The normalized spacial score (nSPS) is 14.9. The molecule has 10 heavy (non-hydrogen) atoms. The molecule has 0 spiro atoms. The summed E-state index contributed by atoms with van der Waals surface area (Å²) in [4.78, 5) is 10.6. The Balaban J connectivity index is 3.80. The molecule has 60 valence electrons. The zero-order chi connectivity index (χ0) is 8.36. The second kappa shape index (κ2) is 3.38. The van der Waals surface area contributed by atoms with Crippen LogP contribution in [0.1, 0.15) is 34.1 Å². The molecule has 1 atom stereocenters. The molecule has 0 aromatic rings. The van der Waals surface area contributed by atoms with Crippen LogP contribution in [0.2, 0.25) is 0 Å². The minimum Gasteiger partial charge on any atom is -0.281 e. The molecule has 2 heteroatoms. The summed E-state index contributed by atoms with van der Waals surface area (Å²) >= 11 is 5.30. The zero-order valence-electron chi connectivity index (χ0n) is 7.07. The van der Waals surface area contributed by atoms with Gasteiger partial charge in [-0.15, -0.1) is 0 Å². The standard InChI is InChI=1S/C8H15ClO/c1-6(7(9)10)5-8(2,3)4/h6H,5H2,1-4H3/t6-/m1/s1. The Labute approximate surface area is 67.8 Å². The summed E-state index contributed by atoms with van der Waals surface area (Å²) in [5.74, 6) is -0.0123. The van der Waals surface area contributed by atoms with E-state index in [2.05, 4.69) is 20.8 Å². The van der Waals surface area contributed by atoms with E-state index in [9.17, 15) is 4.79 Å². The number of hydrogen-bond donors (Lipinski definition) is 0. The van der Waals surface area contributed by atoms with E-state index in [-0.39, 0.29) is 16.6 Å². The first-order chi connectivity index (χ1) is 4.33. The Morgan fingerprint density at radius 2 is 1.90 bits per heavy atom. The molecule has 0 amide bonds. The van der Waals surface area contributed by atoms with Gasteiger partial charge >= 0.3 is 0 Å². The monoisotopic (exact) mass is 162 g/mol. The van der Waals surface area contributed by atoms with Gasteiger partial charge in [0.05, 0.1) is 0 Å². The summed E-state index contributed by atoms with van der Waals surface area (Å²) in [7, 11) is 0. The van der Waals surface area contributed by atoms with Crippen LogP contribution in [-0.2, 0) is 4.79 Å². The fourth-order valence-electron chi connectivity index (χ4n) is 0.999. The van der Waals surface area contributed by atoms with Gasteiger partial charge in [-0.25, -0.2) is 0 Å². The van der Waals surface area contributed by atoms with Crippen molar-refractivity contribution in [3.05, 3.63) is 0 Å². The van der Waals surface area contributed by atoms with Gasteiger partial charge in [0.2, 0.25) is 5.24 Å². The van der Waals surface area contributed by atoms with Gasteiger partial charge in [0, 0.05) is 5.92 Å². The summed E-state index contributed by atoms with van der Waals surface area (Å²) in [5, 5.41) is -0.227. The number of carbonyl (C=O) groups excluding carboxylic acids is 1. The molecule has 0 rings (SSSR count). The Bertz CT molecular complexity index is 124. The van der Waals surface area contributed by atoms with E-state index in [0.29, 0.717) is 0 Å². The van der Waals surface area contributed by atoms with Crippen LogP contribution >= 0.6 is 11.6 Å². The van der Waals surface area contributed by atoms with Crippen LogP contribution < -0.4 is 0 Å². The van der Waals surface area contributed by atoms with Gasteiger partial charge in [-0.1, -0.05) is 27.7 Å². The third-order valence-corrected chi connectivity index (χ3v) is 1.68. The quantitative estimate of drug-likeness (QED) is 0.571. The van der Waals surface area contributed by atoms with Crippen LogP contribution in [0, 0.1) is 11.3 Å². The van der Waals surface area contributed by atoms with Crippen molar-refractivity contribution in [2.45, 2.75) is 34.1 Å². The molecule has 0 unspecified atom stereocenters. The summed E-state index contributed by atoms with van der Waals surface area (Å²) in [6.07, 6.45) is 0.856. The van der Waals surface area contributed by atoms with E-state index in [1.807, 2.05) is 6.92 Å². The van der Waals surface area contributed by atoms with Gasteiger partial charge in [0.25, 0.3) is 0 Å². The average molecular weight is 163 g/mol. The maximum atomic E-state index is 10.6. The highest BCUT2D eigenvalue weighted by Gasteiger charge is 2.18. The van der Waals surface area contributed by atoms with E-state index in [4.69, 9.17) is 11.6 Å². The third-order valence-electron chi connectivity index (χ3n) is 1.31. The predicted octanol–water partition coefficient (Wildman–Crippen LogP) is 2.82. The molecule has 0 saturated carbocycles. The zero-order valence-corrected chi connectivity index (χ0v) is 7.83. The molecule has 0 aromatic heterocycles. The van der Waals surface area contributed by atoms with Crippen LogP contribution in [-0.4, -0.2) is 5.24 Å². The fourth-order valence-corrected chi connectivity index (χ4v) is 1.08. The first-order valence-corrected chi connectivity index (χ1v) is 3.90. The largest absolute Gasteiger partial charge is 0.281 e. The minimum atomic E-state index is -0.227. The smallest absolute Gasteiger partial charge is 0.224 e. The molecule has 0 aromatic carbocycles. The summed E-state index contributed by atoms with van der Waals surface area (Å²) in [6.45, 7) is 8.16. The maximum Gasteiger partial charge on any atom is 0.224 e. The molecule has 0 aliphatic rings. The SMILES string of the molecule is C[C@H](CC(C)(C)C)C(=O)Cl. The molecule has 0 saturated heterocycles. The van der Waals surface area contributed by atoms with Crippen molar-refractivity contribution in [1.29, 1.82) is 0 Å². The summed E-state index contributed by atoms with van der Waals surface area (Å²) < 4.78 is 0. The van der Waals surface area contributed by atoms with Crippen LogP contribution in [0.3, 0.4) is 0 Å². The van der Waals surface area contributed by atoms with Crippen molar-refractivity contribution in [3.63, 3.8) is 0 Å². The molecule has 0 N–H and O–H groups in total. The Kier molecular flexibility index (Phi) is 3.37. The van der Waals surface area contributed by atoms with Gasteiger partial charge in [-0.2, -0.15) is 0 Å². The maximum absolute atomic E-state index is 10.6. The van der Waals surface area contributed by atoms with E-state index in [1.54, 1.807) is 0 Å². The molecule has 0 radical (unpaired) electrons. The third kappa shape index (κ3) is 4.80. The molecule has 0 aliphatic carbocycles. The highest BCUT2D eigenvalue weighted by Crippen LogP contribution is 2.25. The van der Waals surface area contributed by atoms with Crippen molar-refractivity contribution in [2.75, 3.05) is 0 Å². The Hall–Kier alpha value is -0.0400. The van der Waals surface area contributed by atoms with E-state index >= 15 is 0 Å². The first kappa shape index (κ1) is 9.96. The molecular weight excluding hydrogens is 148 g/mol. The minimum absolute atomic E-state index is 0.0123. The van der Waals surface area contributed by atoms with Crippen LogP contribution in [0.15, 0.2) is 0 Å².